The summed E-state index contributed by atoms with van der Waals surface area (Å²) in [4.78, 5) is 0. The first-order valence-electron chi connectivity index (χ1n) is 10.4. The number of hydrogen-bond acceptors (Lipinski definition) is 0. The molecule has 0 aliphatic carbocycles. The lowest BCUT2D eigenvalue weighted by Crippen LogP contribution is -1.82. The summed E-state index contributed by atoms with van der Waals surface area (Å²) in [6, 6.07) is 0. The van der Waals surface area contributed by atoms with Crippen LogP contribution in [-0.4, -0.2) is 0 Å². The Morgan fingerprint density at radius 1 is 0.500 bits per heavy atom. The predicted molar refractivity (Wildman–Crippen MR) is 121 cm³/mol. The summed E-state index contributed by atoms with van der Waals surface area (Å²) >= 11 is 0. The van der Waals surface area contributed by atoms with E-state index in [1.165, 1.54) is 72.8 Å². The molecular weight excluding hydrogens is 312 g/mol. The van der Waals surface area contributed by atoms with Crippen LogP contribution in [0.4, 0.5) is 0 Å². The molecule has 1 radical (unpaired) electrons. The van der Waals surface area contributed by atoms with E-state index in [4.69, 9.17) is 0 Å². The summed E-state index contributed by atoms with van der Waals surface area (Å²) in [5.74, 6) is 0. The molecule has 0 aliphatic rings. The molecule has 0 saturated carbocycles. The van der Waals surface area contributed by atoms with Crippen molar-refractivity contribution >= 4 is 0 Å². The fraction of sp³-hybridized carbons (Fsp3) is 0.577. The molecule has 26 heavy (non-hydrogen) atoms. The molecule has 0 heterocycles. The second-order valence-electron chi connectivity index (χ2n) is 7.93. The van der Waals surface area contributed by atoms with E-state index in [0.29, 0.717) is 0 Å². The van der Waals surface area contributed by atoms with Crippen LogP contribution in [-0.2, 0) is 0 Å². The topological polar surface area (TPSA) is 0 Å². The summed E-state index contributed by atoms with van der Waals surface area (Å²) in [7, 11) is 0. The van der Waals surface area contributed by atoms with E-state index in [1.807, 2.05) is 0 Å². The van der Waals surface area contributed by atoms with Gasteiger partial charge in [0.15, 0.2) is 0 Å². The average molecular weight is 356 g/mol. The van der Waals surface area contributed by atoms with Gasteiger partial charge in [-0.3, -0.25) is 0 Å². The molecule has 0 heteroatoms. The van der Waals surface area contributed by atoms with Crippen LogP contribution in [0.15, 0.2) is 58.2 Å². The van der Waals surface area contributed by atoms with Crippen molar-refractivity contribution in [3.8, 4) is 0 Å². The van der Waals surface area contributed by atoms with E-state index in [-0.39, 0.29) is 0 Å². The Hall–Kier alpha value is -1.30. The van der Waals surface area contributed by atoms with Crippen LogP contribution in [0.2, 0.25) is 0 Å². The van der Waals surface area contributed by atoms with Crippen LogP contribution in [0.25, 0.3) is 0 Å². The lowest BCUT2D eigenvalue weighted by atomic mass is 10.0. The Kier molecular flexibility index (Phi) is 15.1. The number of hydrogen-bond donors (Lipinski definition) is 0. The molecule has 0 rings (SSSR count). The van der Waals surface area contributed by atoms with Crippen molar-refractivity contribution in [2.24, 2.45) is 0 Å². The van der Waals surface area contributed by atoms with Crippen molar-refractivity contribution in [1.82, 2.24) is 0 Å². The number of unbranched alkanes of at least 4 members (excludes halogenated alkanes) is 1. The molecule has 0 spiro atoms. The molecule has 0 N–H and O–H groups in total. The monoisotopic (exact) mass is 355 g/mol. The normalized spacial score (nSPS) is 14.0. The number of rotatable bonds is 13. The van der Waals surface area contributed by atoms with Gasteiger partial charge in [0.1, 0.15) is 0 Å². The highest BCUT2D eigenvalue weighted by molar-refractivity contribution is 5.07. The zero-order valence-corrected chi connectivity index (χ0v) is 18.5. The Bertz CT molecular complexity index is 516. The maximum absolute atomic E-state index is 3.92. The highest BCUT2D eigenvalue weighted by Crippen LogP contribution is 2.13. The summed E-state index contributed by atoms with van der Waals surface area (Å²) in [5.41, 5.74) is 7.39. The first kappa shape index (κ1) is 24.7. The minimum Gasteiger partial charge on any atom is -0.0856 e. The lowest BCUT2D eigenvalue weighted by Gasteiger charge is -2.02. The van der Waals surface area contributed by atoms with Crippen LogP contribution in [0.1, 0.15) is 99.3 Å². The Balaban J connectivity index is 4.00. The van der Waals surface area contributed by atoms with Gasteiger partial charge in [0, 0.05) is 0 Å². The van der Waals surface area contributed by atoms with Gasteiger partial charge < -0.3 is 0 Å². The molecule has 0 atom stereocenters. The highest BCUT2D eigenvalue weighted by atomic mass is 14.0. The number of allylic oxidation sites excluding steroid dienone is 10. The van der Waals surface area contributed by atoms with Crippen molar-refractivity contribution in [2.45, 2.75) is 99.3 Å². The van der Waals surface area contributed by atoms with Gasteiger partial charge in [0.25, 0.3) is 0 Å². The fourth-order valence-electron chi connectivity index (χ4n) is 2.75. The second-order valence-corrected chi connectivity index (χ2v) is 7.93. The zero-order valence-electron chi connectivity index (χ0n) is 18.5. The SMILES string of the molecule is [CH2]CC(C)=CCCC(C)=CCCC=C(C)CCC=C(C)CCC=C(C)C. The average Bonchev–Trinajstić information content (AvgIpc) is 2.58. The maximum Gasteiger partial charge on any atom is -0.0288 e. The molecule has 0 nitrogen and oxygen atoms in total. The van der Waals surface area contributed by atoms with E-state index in [9.17, 15) is 0 Å². The Morgan fingerprint density at radius 3 is 1.23 bits per heavy atom. The minimum absolute atomic E-state index is 0.928. The second kappa shape index (κ2) is 15.9. The molecule has 0 bridgehead atoms. The third-order valence-electron chi connectivity index (χ3n) is 4.70. The third-order valence-corrected chi connectivity index (χ3v) is 4.70. The summed E-state index contributed by atoms with van der Waals surface area (Å²) < 4.78 is 0. The smallest absolute Gasteiger partial charge is 0.0288 e. The van der Waals surface area contributed by atoms with Crippen LogP contribution >= 0.6 is 0 Å². The molecule has 0 unspecified atom stereocenters. The summed E-state index contributed by atoms with van der Waals surface area (Å²) in [6.45, 7) is 17.2. The fourth-order valence-corrected chi connectivity index (χ4v) is 2.75. The standard InChI is InChI=1S/C26H43/c1-8-23(4)17-12-19-24(5)15-9-10-16-25(6)20-13-21-26(7)18-11-14-22(2)3/h14-17,21H,1,8-13,18-20H2,2-7H3. The van der Waals surface area contributed by atoms with E-state index in [1.54, 1.807) is 0 Å². The van der Waals surface area contributed by atoms with Gasteiger partial charge in [-0.1, -0.05) is 58.2 Å². The van der Waals surface area contributed by atoms with Crippen molar-refractivity contribution in [1.29, 1.82) is 0 Å². The van der Waals surface area contributed by atoms with E-state index < -0.39 is 0 Å². The molecule has 0 amide bonds. The van der Waals surface area contributed by atoms with Crippen LogP contribution in [0, 0.1) is 6.92 Å². The lowest BCUT2D eigenvalue weighted by molar-refractivity contribution is 0.901. The minimum atomic E-state index is 0.928. The first-order valence-corrected chi connectivity index (χ1v) is 10.4. The van der Waals surface area contributed by atoms with Gasteiger partial charge >= 0.3 is 0 Å². The summed E-state index contributed by atoms with van der Waals surface area (Å²) in [5, 5.41) is 0. The Morgan fingerprint density at radius 2 is 0.846 bits per heavy atom. The van der Waals surface area contributed by atoms with Gasteiger partial charge in [-0.25, -0.2) is 0 Å². The van der Waals surface area contributed by atoms with Crippen molar-refractivity contribution < 1.29 is 0 Å². The molecule has 0 aromatic heterocycles. The van der Waals surface area contributed by atoms with Crippen LogP contribution < -0.4 is 0 Å². The zero-order chi connectivity index (χ0) is 19.8. The maximum atomic E-state index is 3.92. The van der Waals surface area contributed by atoms with Crippen LogP contribution in [0.5, 0.6) is 0 Å². The molecule has 147 valence electrons. The van der Waals surface area contributed by atoms with Gasteiger partial charge in [-0.05, 0) is 106 Å². The molecule has 0 aromatic carbocycles. The largest absolute Gasteiger partial charge is 0.0856 e. The Labute approximate surface area is 164 Å². The molecule has 0 aromatic rings. The van der Waals surface area contributed by atoms with Gasteiger partial charge in [-0.2, -0.15) is 0 Å². The predicted octanol–water partition coefficient (Wildman–Crippen LogP) is 9.08. The van der Waals surface area contributed by atoms with Crippen molar-refractivity contribution in [3.63, 3.8) is 0 Å². The van der Waals surface area contributed by atoms with Gasteiger partial charge in [0.2, 0.25) is 0 Å². The molecule has 0 fully saturated rings. The van der Waals surface area contributed by atoms with E-state index in [0.717, 1.165) is 12.8 Å². The van der Waals surface area contributed by atoms with Crippen LogP contribution in [0.3, 0.4) is 0 Å². The first-order chi connectivity index (χ1) is 12.3. The van der Waals surface area contributed by atoms with E-state index in [2.05, 4.69) is 78.8 Å². The van der Waals surface area contributed by atoms with Crippen molar-refractivity contribution in [2.75, 3.05) is 0 Å². The van der Waals surface area contributed by atoms with Gasteiger partial charge in [0.05, 0.1) is 0 Å². The summed E-state index contributed by atoms with van der Waals surface area (Å²) in [6.07, 6.45) is 22.2. The van der Waals surface area contributed by atoms with E-state index >= 15 is 0 Å². The third kappa shape index (κ3) is 16.2. The molecular formula is C26H43. The van der Waals surface area contributed by atoms with Gasteiger partial charge in [-0.15, -0.1) is 0 Å². The van der Waals surface area contributed by atoms with Crippen molar-refractivity contribution in [3.05, 3.63) is 65.2 Å². The molecule has 0 saturated heterocycles. The highest BCUT2D eigenvalue weighted by Gasteiger charge is 1.93. The molecule has 0 aliphatic heterocycles. The quantitative estimate of drug-likeness (QED) is 0.228.